The Bertz CT molecular complexity index is 1900. The molecule has 0 saturated heterocycles. The number of aromatic nitrogens is 1. The van der Waals surface area contributed by atoms with Crippen LogP contribution in [0.25, 0.3) is 17.4 Å². The number of rotatable bonds is 6. The van der Waals surface area contributed by atoms with E-state index in [0.29, 0.717) is 53.3 Å². The molecule has 3 heterocycles. The fraction of sp³-hybridized carbons (Fsp3) is 0.179. The SMILES string of the molecule is CCOC(=O)C1=C(C)N=c2sc(=Cc3ccc(-c4ccc(Cl)cc4Cl)o3)c(=O)n2C1c1ccc(C)c([N+](=O)[O-])c1. The zero-order valence-corrected chi connectivity index (χ0v) is 23.8. The molecular formula is C28H21Cl2N3O6S. The Balaban J connectivity index is 1.67. The molecule has 9 nitrogen and oxygen atoms in total. The molecule has 0 radical (unpaired) electrons. The summed E-state index contributed by atoms with van der Waals surface area (Å²) < 4.78 is 12.9. The molecule has 0 aliphatic carbocycles. The molecule has 204 valence electrons. The van der Waals surface area contributed by atoms with Gasteiger partial charge in [-0.15, -0.1) is 0 Å². The Morgan fingerprint density at radius 1 is 1.20 bits per heavy atom. The monoisotopic (exact) mass is 597 g/mol. The van der Waals surface area contributed by atoms with Gasteiger partial charge in [0, 0.05) is 28.3 Å². The predicted molar refractivity (Wildman–Crippen MR) is 152 cm³/mol. The van der Waals surface area contributed by atoms with Crippen LogP contribution in [0.15, 0.2) is 74.0 Å². The van der Waals surface area contributed by atoms with Gasteiger partial charge in [-0.2, -0.15) is 0 Å². The molecule has 40 heavy (non-hydrogen) atoms. The third kappa shape index (κ3) is 5.01. The van der Waals surface area contributed by atoms with Gasteiger partial charge in [0.1, 0.15) is 11.5 Å². The number of allylic oxidation sites excluding steroid dienone is 1. The Morgan fingerprint density at radius 3 is 2.67 bits per heavy atom. The molecule has 5 rings (SSSR count). The molecule has 1 unspecified atom stereocenters. The van der Waals surface area contributed by atoms with E-state index in [-0.39, 0.29) is 17.9 Å². The molecule has 0 N–H and O–H groups in total. The van der Waals surface area contributed by atoms with Crippen molar-refractivity contribution in [1.82, 2.24) is 4.57 Å². The van der Waals surface area contributed by atoms with E-state index < -0.39 is 22.5 Å². The van der Waals surface area contributed by atoms with Crippen molar-refractivity contribution < 1.29 is 18.9 Å². The minimum Gasteiger partial charge on any atom is -0.463 e. The maximum atomic E-state index is 13.8. The van der Waals surface area contributed by atoms with E-state index in [4.69, 9.17) is 32.4 Å². The number of halogens is 2. The number of ether oxygens (including phenoxy) is 1. The van der Waals surface area contributed by atoms with Gasteiger partial charge in [-0.3, -0.25) is 19.5 Å². The number of esters is 1. The second kappa shape index (κ2) is 10.9. The summed E-state index contributed by atoms with van der Waals surface area (Å²) in [5.74, 6) is 0.239. The Kier molecular flexibility index (Phi) is 7.50. The number of aryl methyl sites for hydroxylation is 1. The lowest BCUT2D eigenvalue weighted by molar-refractivity contribution is -0.385. The van der Waals surface area contributed by atoms with Crippen LogP contribution in [0.2, 0.25) is 10.0 Å². The van der Waals surface area contributed by atoms with Crippen LogP contribution in [0, 0.1) is 17.0 Å². The van der Waals surface area contributed by atoms with Crippen LogP contribution in [0.4, 0.5) is 5.69 Å². The normalized spacial score (nSPS) is 15.1. The quantitative estimate of drug-likeness (QED) is 0.163. The van der Waals surface area contributed by atoms with Crippen LogP contribution in [0.5, 0.6) is 0 Å². The number of fused-ring (bicyclic) bond motifs is 1. The van der Waals surface area contributed by atoms with Crippen molar-refractivity contribution in [1.29, 1.82) is 0 Å². The van der Waals surface area contributed by atoms with Gasteiger partial charge in [0.05, 0.1) is 38.4 Å². The van der Waals surface area contributed by atoms with Gasteiger partial charge in [-0.1, -0.05) is 46.7 Å². The zero-order valence-electron chi connectivity index (χ0n) is 21.4. The molecule has 1 atom stereocenters. The van der Waals surface area contributed by atoms with Crippen molar-refractivity contribution in [3.8, 4) is 11.3 Å². The van der Waals surface area contributed by atoms with Crippen molar-refractivity contribution in [3.63, 3.8) is 0 Å². The van der Waals surface area contributed by atoms with Gasteiger partial charge in [0.15, 0.2) is 4.80 Å². The third-order valence-corrected chi connectivity index (χ3v) is 7.89. The fourth-order valence-electron chi connectivity index (χ4n) is 4.49. The highest BCUT2D eigenvalue weighted by Gasteiger charge is 2.34. The molecule has 0 fully saturated rings. The minimum atomic E-state index is -0.975. The zero-order chi connectivity index (χ0) is 28.7. The number of carbonyl (C=O) groups excluding carboxylic acids is 1. The first-order valence-corrected chi connectivity index (χ1v) is 13.7. The Labute approximate surface area is 241 Å². The molecule has 0 bridgehead atoms. The van der Waals surface area contributed by atoms with E-state index in [1.165, 1.54) is 10.6 Å². The lowest BCUT2D eigenvalue weighted by atomic mass is 9.94. The van der Waals surface area contributed by atoms with Crippen molar-refractivity contribution in [2.45, 2.75) is 26.8 Å². The molecule has 0 amide bonds. The number of hydrogen-bond donors (Lipinski definition) is 0. The first-order valence-electron chi connectivity index (χ1n) is 12.1. The standard InChI is InChI=1S/C28H21Cl2N3O6S/c1-4-38-27(35)24-15(3)31-28-32(25(24)16-6-5-14(2)21(11-16)33(36)37)26(34)23(40-28)13-18-8-10-22(39-18)19-9-7-17(29)12-20(19)30/h5-13,25H,4H2,1-3H3. The maximum absolute atomic E-state index is 13.8. The van der Waals surface area contributed by atoms with E-state index in [9.17, 15) is 19.7 Å². The highest BCUT2D eigenvalue weighted by molar-refractivity contribution is 7.07. The van der Waals surface area contributed by atoms with E-state index in [1.807, 2.05) is 0 Å². The van der Waals surface area contributed by atoms with E-state index >= 15 is 0 Å². The minimum absolute atomic E-state index is 0.110. The van der Waals surface area contributed by atoms with E-state index in [2.05, 4.69) is 4.99 Å². The largest absolute Gasteiger partial charge is 0.463 e. The van der Waals surface area contributed by atoms with Crippen molar-refractivity contribution in [2.75, 3.05) is 6.61 Å². The number of benzene rings is 2. The summed E-state index contributed by atoms with van der Waals surface area (Å²) in [6, 6.07) is 12.1. The van der Waals surface area contributed by atoms with Crippen molar-refractivity contribution >= 4 is 52.3 Å². The van der Waals surface area contributed by atoms with Gasteiger partial charge >= 0.3 is 5.97 Å². The summed E-state index contributed by atoms with van der Waals surface area (Å²) in [4.78, 5) is 42.9. The average Bonchev–Trinajstić information content (AvgIpc) is 3.47. The van der Waals surface area contributed by atoms with Gasteiger partial charge in [-0.25, -0.2) is 9.79 Å². The molecule has 12 heteroatoms. The van der Waals surface area contributed by atoms with Crippen LogP contribution in [-0.4, -0.2) is 22.1 Å². The van der Waals surface area contributed by atoms with Crippen LogP contribution >= 0.6 is 34.5 Å². The number of thiazole rings is 1. The van der Waals surface area contributed by atoms with Gasteiger partial charge in [-0.05, 0) is 56.7 Å². The van der Waals surface area contributed by atoms with Crippen LogP contribution in [0.3, 0.4) is 0 Å². The summed E-state index contributed by atoms with van der Waals surface area (Å²) in [6.07, 6.45) is 1.58. The lowest BCUT2D eigenvalue weighted by Crippen LogP contribution is -2.40. The highest BCUT2D eigenvalue weighted by Crippen LogP contribution is 2.34. The highest BCUT2D eigenvalue weighted by atomic mass is 35.5. The first-order chi connectivity index (χ1) is 19.1. The van der Waals surface area contributed by atoms with E-state index in [0.717, 1.165) is 11.3 Å². The number of hydrogen-bond acceptors (Lipinski definition) is 8. The molecule has 2 aromatic carbocycles. The molecule has 0 saturated carbocycles. The molecular weight excluding hydrogens is 577 g/mol. The Hall–Kier alpha value is -3.99. The summed E-state index contributed by atoms with van der Waals surface area (Å²) >= 11 is 13.4. The summed E-state index contributed by atoms with van der Waals surface area (Å²) in [5.41, 5.74) is 1.42. The summed E-state index contributed by atoms with van der Waals surface area (Å²) in [5, 5.41) is 12.6. The topological polar surface area (TPSA) is 117 Å². The molecule has 1 aliphatic rings. The number of nitro benzene ring substituents is 1. The molecule has 0 spiro atoms. The molecule has 4 aromatic rings. The Morgan fingerprint density at radius 2 is 1.98 bits per heavy atom. The van der Waals surface area contributed by atoms with Crippen LogP contribution < -0.4 is 14.9 Å². The average molecular weight is 598 g/mol. The van der Waals surface area contributed by atoms with Gasteiger partial charge < -0.3 is 9.15 Å². The predicted octanol–water partition coefficient (Wildman–Crippen LogP) is 5.58. The first kappa shape index (κ1) is 27.6. The fourth-order valence-corrected chi connectivity index (χ4v) is 6.02. The van der Waals surface area contributed by atoms with Gasteiger partial charge in [0.2, 0.25) is 0 Å². The number of nitrogens with zero attached hydrogens (tertiary/aromatic N) is 3. The lowest BCUT2D eigenvalue weighted by Gasteiger charge is -2.24. The van der Waals surface area contributed by atoms with Gasteiger partial charge in [0.25, 0.3) is 11.2 Å². The van der Waals surface area contributed by atoms with Crippen molar-refractivity contribution in [3.05, 3.63) is 117 Å². The number of carbonyl (C=O) groups is 1. The number of nitro groups is 1. The second-order valence-electron chi connectivity index (χ2n) is 8.93. The summed E-state index contributed by atoms with van der Waals surface area (Å²) in [7, 11) is 0. The smallest absolute Gasteiger partial charge is 0.338 e. The third-order valence-electron chi connectivity index (χ3n) is 6.36. The summed E-state index contributed by atoms with van der Waals surface area (Å²) in [6.45, 7) is 5.05. The number of furan rings is 1. The van der Waals surface area contributed by atoms with Crippen molar-refractivity contribution in [2.24, 2.45) is 4.99 Å². The van der Waals surface area contributed by atoms with Crippen LogP contribution in [-0.2, 0) is 9.53 Å². The maximum Gasteiger partial charge on any atom is 0.338 e. The molecule has 2 aromatic heterocycles. The van der Waals surface area contributed by atoms with Crippen LogP contribution in [0.1, 0.15) is 36.8 Å². The van der Waals surface area contributed by atoms with E-state index in [1.54, 1.807) is 69.3 Å². The second-order valence-corrected chi connectivity index (χ2v) is 10.8. The molecule has 1 aliphatic heterocycles.